The van der Waals surface area contributed by atoms with Crippen LogP contribution in [0, 0.1) is 3.57 Å². The Kier molecular flexibility index (Phi) is 7.80. The van der Waals surface area contributed by atoms with E-state index in [1.54, 1.807) is 17.0 Å². The Balaban J connectivity index is 1.47. The molecule has 0 aromatic heterocycles. The van der Waals surface area contributed by atoms with Crippen LogP contribution in [-0.4, -0.2) is 41.8 Å². The van der Waals surface area contributed by atoms with Crippen molar-refractivity contribution in [3.63, 3.8) is 0 Å². The molecule has 2 aromatic rings. The van der Waals surface area contributed by atoms with Gasteiger partial charge in [-0.25, -0.2) is 9.59 Å². The first-order valence-corrected chi connectivity index (χ1v) is 11.4. The zero-order valence-electron chi connectivity index (χ0n) is 18.1. The molecule has 0 bridgehead atoms. The molecule has 0 spiro atoms. The van der Waals surface area contributed by atoms with Gasteiger partial charge in [-0.3, -0.25) is 0 Å². The lowest BCUT2D eigenvalue weighted by Gasteiger charge is -2.31. The predicted octanol–water partition coefficient (Wildman–Crippen LogP) is 5.43. The first kappa shape index (κ1) is 23.4. The average Bonchev–Trinajstić information content (AvgIpc) is 2.72. The van der Waals surface area contributed by atoms with Crippen molar-refractivity contribution in [3.05, 3.63) is 63.2 Å². The highest BCUT2D eigenvalue weighted by molar-refractivity contribution is 14.1. The van der Waals surface area contributed by atoms with E-state index in [0.717, 1.165) is 22.0 Å². The third-order valence-corrected chi connectivity index (χ3v) is 5.66. The van der Waals surface area contributed by atoms with Crippen LogP contribution in [0.4, 0.5) is 4.79 Å². The normalized spacial score (nSPS) is 14.8. The van der Waals surface area contributed by atoms with Gasteiger partial charge in [-0.15, -0.1) is 0 Å². The molecule has 1 amide bonds. The molecule has 1 aliphatic heterocycles. The summed E-state index contributed by atoms with van der Waals surface area (Å²) < 4.78 is 17.7. The molecule has 6 nitrogen and oxygen atoms in total. The third-order valence-electron chi connectivity index (χ3n) is 4.77. The van der Waals surface area contributed by atoms with Crippen LogP contribution in [0.5, 0.6) is 5.75 Å². The SMILES string of the molecule is CC(C)(C)OC(=O)c1ccc(OC2CCN(C(=O)OCc3ccccc3)CC2)cc1I. The van der Waals surface area contributed by atoms with E-state index >= 15 is 0 Å². The number of hydrogen-bond donors (Lipinski definition) is 0. The number of esters is 1. The summed E-state index contributed by atoms with van der Waals surface area (Å²) in [6.07, 6.45) is 1.18. The van der Waals surface area contributed by atoms with Gasteiger partial charge >= 0.3 is 12.1 Å². The molecule has 0 radical (unpaired) electrons. The summed E-state index contributed by atoms with van der Waals surface area (Å²) in [5.74, 6) is 0.368. The molecule has 0 unspecified atom stereocenters. The smallest absolute Gasteiger partial charge is 0.410 e. The lowest BCUT2D eigenvalue weighted by Crippen LogP contribution is -2.42. The number of halogens is 1. The van der Waals surface area contributed by atoms with Crippen molar-refractivity contribution in [2.75, 3.05) is 13.1 Å². The second-order valence-corrected chi connectivity index (χ2v) is 9.65. The largest absolute Gasteiger partial charge is 0.490 e. The maximum absolute atomic E-state index is 12.3. The fraction of sp³-hybridized carbons (Fsp3) is 0.417. The van der Waals surface area contributed by atoms with Crippen LogP contribution in [0.15, 0.2) is 48.5 Å². The van der Waals surface area contributed by atoms with Crippen molar-refractivity contribution >= 4 is 34.7 Å². The van der Waals surface area contributed by atoms with E-state index in [1.165, 1.54) is 0 Å². The number of benzene rings is 2. The van der Waals surface area contributed by atoms with Gasteiger partial charge in [-0.05, 0) is 67.1 Å². The van der Waals surface area contributed by atoms with Crippen molar-refractivity contribution in [2.45, 2.75) is 51.9 Å². The Bertz CT molecular complexity index is 902. The standard InChI is InChI=1S/C24H28INO5/c1-24(2,3)31-22(27)20-10-9-19(15-21(20)25)30-18-11-13-26(14-12-18)23(28)29-16-17-7-5-4-6-8-17/h4-10,15,18H,11-14,16H2,1-3H3. The Morgan fingerprint density at radius 3 is 2.35 bits per heavy atom. The van der Waals surface area contributed by atoms with Crippen LogP contribution < -0.4 is 4.74 Å². The Hall–Kier alpha value is -2.29. The lowest BCUT2D eigenvalue weighted by atomic mass is 10.1. The number of likely N-dealkylation sites (tertiary alicyclic amines) is 1. The lowest BCUT2D eigenvalue weighted by molar-refractivity contribution is 0.00682. The molecule has 0 atom stereocenters. The van der Waals surface area contributed by atoms with Crippen LogP contribution in [-0.2, 0) is 16.1 Å². The molecule has 31 heavy (non-hydrogen) atoms. The minimum atomic E-state index is -0.536. The van der Waals surface area contributed by atoms with Crippen molar-refractivity contribution in [1.29, 1.82) is 0 Å². The molecule has 166 valence electrons. The molecule has 0 aliphatic carbocycles. The molecule has 1 saturated heterocycles. The van der Waals surface area contributed by atoms with E-state index in [9.17, 15) is 9.59 Å². The van der Waals surface area contributed by atoms with Gasteiger partial charge in [0.15, 0.2) is 0 Å². The number of ether oxygens (including phenoxy) is 3. The van der Waals surface area contributed by atoms with Gasteiger partial charge in [-0.1, -0.05) is 30.3 Å². The molecule has 0 saturated carbocycles. The minimum Gasteiger partial charge on any atom is -0.490 e. The van der Waals surface area contributed by atoms with Crippen LogP contribution in [0.25, 0.3) is 0 Å². The van der Waals surface area contributed by atoms with Crippen LogP contribution in [0.2, 0.25) is 0 Å². The molecule has 2 aromatic carbocycles. The number of rotatable bonds is 5. The van der Waals surface area contributed by atoms with Gasteiger partial charge < -0.3 is 19.1 Å². The van der Waals surface area contributed by atoms with Crippen LogP contribution in [0.1, 0.15) is 49.5 Å². The maximum atomic E-state index is 12.3. The molecule has 1 heterocycles. The van der Waals surface area contributed by atoms with Gasteiger partial charge in [0.05, 0.1) is 5.56 Å². The Labute approximate surface area is 197 Å². The van der Waals surface area contributed by atoms with E-state index in [0.29, 0.717) is 24.4 Å². The molecule has 1 fully saturated rings. The van der Waals surface area contributed by atoms with Gasteiger partial charge in [0.25, 0.3) is 0 Å². The van der Waals surface area contributed by atoms with Gasteiger partial charge in [0.2, 0.25) is 0 Å². The average molecular weight is 537 g/mol. The zero-order valence-corrected chi connectivity index (χ0v) is 20.3. The summed E-state index contributed by atoms with van der Waals surface area (Å²) in [6.45, 7) is 6.99. The number of carbonyl (C=O) groups is 2. The van der Waals surface area contributed by atoms with Crippen LogP contribution in [0.3, 0.4) is 0 Å². The minimum absolute atomic E-state index is 0.0151. The number of hydrogen-bond acceptors (Lipinski definition) is 5. The Morgan fingerprint density at radius 2 is 1.74 bits per heavy atom. The monoisotopic (exact) mass is 537 g/mol. The fourth-order valence-electron chi connectivity index (χ4n) is 3.23. The second kappa shape index (κ2) is 10.3. The highest BCUT2D eigenvalue weighted by Gasteiger charge is 2.25. The third kappa shape index (κ3) is 7.12. The zero-order chi connectivity index (χ0) is 22.4. The van der Waals surface area contributed by atoms with Crippen molar-refractivity contribution < 1.29 is 23.8 Å². The maximum Gasteiger partial charge on any atom is 0.410 e. The summed E-state index contributed by atoms with van der Waals surface area (Å²) in [7, 11) is 0. The first-order chi connectivity index (χ1) is 14.7. The highest BCUT2D eigenvalue weighted by atomic mass is 127. The van der Waals surface area contributed by atoms with Crippen molar-refractivity contribution in [3.8, 4) is 5.75 Å². The number of piperidine rings is 1. The Morgan fingerprint density at radius 1 is 1.06 bits per heavy atom. The molecule has 1 aliphatic rings. The highest BCUT2D eigenvalue weighted by Crippen LogP contribution is 2.25. The summed E-state index contributed by atoms with van der Waals surface area (Å²) in [5.41, 5.74) is 0.961. The summed E-state index contributed by atoms with van der Waals surface area (Å²) in [5, 5.41) is 0. The van der Waals surface area contributed by atoms with E-state index in [2.05, 4.69) is 22.6 Å². The fourth-order valence-corrected chi connectivity index (χ4v) is 3.93. The van der Waals surface area contributed by atoms with E-state index in [-0.39, 0.29) is 24.8 Å². The topological polar surface area (TPSA) is 65.1 Å². The molecular formula is C24H28INO5. The van der Waals surface area contributed by atoms with Gasteiger partial charge in [0, 0.05) is 29.5 Å². The summed E-state index contributed by atoms with van der Waals surface area (Å²) in [6, 6.07) is 15.0. The van der Waals surface area contributed by atoms with Gasteiger partial charge in [-0.2, -0.15) is 0 Å². The predicted molar refractivity (Wildman–Crippen MR) is 126 cm³/mol. The molecule has 7 heteroatoms. The second-order valence-electron chi connectivity index (χ2n) is 8.49. The number of carbonyl (C=O) groups excluding carboxylic acids is 2. The van der Waals surface area contributed by atoms with E-state index in [4.69, 9.17) is 14.2 Å². The first-order valence-electron chi connectivity index (χ1n) is 10.4. The van der Waals surface area contributed by atoms with Gasteiger partial charge in [0.1, 0.15) is 24.1 Å². The molecule has 3 rings (SSSR count). The van der Waals surface area contributed by atoms with Crippen molar-refractivity contribution in [2.24, 2.45) is 0 Å². The quantitative estimate of drug-likeness (QED) is 0.376. The van der Waals surface area contributed by atoms with Crippen LogP contribution >= 0.6 is 22.6 Å². The van der Waals surface area contributed by atoms with E-state index in [1.807, 2.05) is 57.2 Å². The summed E-state index contributed by atoms with van der Waals surface area (Å²) >= 11 is 2.12. The number of nitrogens with zero attached hydrogens (tertiary/aromatic N) is 1. The molecular weight excluding hydrogens is 509 g/mol. The van der Waals surface area contributed by atoms with E-state index < -0.39 is 5.60 Å². The summed E-state index contributed by atoms with van der Waals surface area (Å²) in [4.78, 5) is 26.3. The number of amides is 1. The molecule has 0 N–H and O–H groups in total. The van der Waals surface area contributed by atoms with Crippen molar-refractivity contribution in [1.82, 2.24) is 4.90 Å².